The van der Waals surface area contributed by atoms with Crippen LogP contribution in [0.4, 0.5) is 5.69 Å². The van der Waals surface area contributed by atoms with Crippen molar-refractivity contribution in [2.75, 3.05) is 11.0 Å². The third kappa shape index (κ3) is 4.76. The molecule has 0 fully saturated rings. The van der Waals surface area contributed by atoms with Crippen LogP contribution < -0.4 is 4.72 Å². The number of benzene rings is 2. The Bertz CT molecular complexity index is 1220. The van der Waals surface area contributed by atoms with Crippen LogP contribution >= 0.6 is 12.0 Å². The van der Waals surface area contributed by atoms with Crippen LogP contribution in [0.5, 0.6) is 0 Å². The van der Waals surface area contributed by atoms with Gasteiger partial charge in [-0.2, -0.15) is 13.2 Å². The first-order valence-electron chi connectivity index (χ1n) is 7.18. The van der Waals surface area contributed by atoms with E-state index in [-0.39, 0.29) is 15.5 Å². The molecule has 0 unspecified atom stereocenters. The summed E-state index contributed by atoms with van der Waals surface area (Å²) in [6, 6.07) is 7.98. The van der Waals surface area contributed by atoms with Crippen LogP contribution in [0.2, 0.25) is 0 Å². The molecule has 0 atom stereocenters. The van der Waals surface area contributed by atoms with Gasteiger partial charge in [-0.15, -0.1) is 14.5 Å². The first-order chi connectivity index (χ1) is 13.1. The maximum absolute atomic E-state index is 11.5. The number of anilines is 1. The van der Waals surface area contributed by atoms with Crippen molar-refractivity contribution in [3.63, 3.8) is 0 Å². The van der Waals surface area contributed by atoms with Crippen molar-refractivity contribution >= 4 is 48.9 Å². The zero-order chi connectivity index (χ0) is 20.5. The van der Waals surface area contributed by atoms with Crippen molar-refractivity contribution in [2.24, 2.45) is 0 Å². The second-order valence-electron chi connectivity index (χ2n) is 5.40. The lowest BCUT2D eigenvalue weighted by Gasteiger charge is -2.08. The summed E-state index contributed by atoms with van der Waals surface area (Å²) in [7, 11) is -7.94. The van der Waals surface area contributed by atoms with Gasteiger partial charge in [0.2, 0.25) is 10.0 Å². The van der Waals surface area contributed by atoms with Crippen LogP contribution in [0, 0.1) is 0 Å². The van der Waals surface area contributed by atoms with E-state index in [0.717, 1.165) is 6.26 Å². The second-order valence-corrected chi connectivity index (χ2v) is 9.31. The molecule has 12 nitrogen and oxygen atoms in total. The summed E-state index contributed by atoms with van der Waals surface area (Å²) in [5, 5.41) is 20.3. The Hall–Kier alpha value is -2.27. The lowest BCUT2D eigenvalue weighted by atomic mass is 10.3. The van der Waals surface area contributed by atoms with Crippen molar-refractivity contribution in [3.05, 3.63) is 36.4 Å². The molecule has 3 aromatic rings. The molecule has 0 saturated heterocycles. The maximum atomic E-state index is 11.5. The summed E-state index contributed by atoms with van der Waals surface area (Å²) in [6.45, 7) is 0. The molecule has 0 aliphatic rings. The molecule has 0 radical (unpaired) electrons. The lowest BCUT2D eigenvalue weighted by Crippen LogP contribution is -2.10. The van der Waals surface area contributed by atoms with Gasteiger partial charge in [0, 0.05) is 0 Å². The zero-order valence-electron chi connectivity index (χ0n) is 13.9. The number of nitrogens with zero attached hydrogens (tertiary/aromatic N) is 3. The highest BCUT2D eigenvalue weighted by atomic mass is 32.2. The number of nitrogens with one attached hydrogen (secondary N) is 1. The Labute approximate surface area is 162 Å². The van der Waals surface area contributed by atoms with Crippen molar-refractivity contribution in [3.8, 4) is 5.69 Å². The van der Waals surface area contributed by atoms with Gasteiger partial charge < -0.3 is 0 Å². The first kappa shape index (κ1) is 20.5. The van der Waals surface area contributed by atoms with E-state index >= 15 is 0 Å². The number of hydrogen-bond acceptors (Lipinski definition) is 10. The predicted octanol–water partition coefficient (Wildman–Crippen LogP) is 1.47. The van der Waals surface area contributed by atoms with Crippen LogP contribution in [0.15, 0.2) is 46.2 Å². The van der Waals surface area contributed by atoms with Gasteiger partial charge in [0.05, 0.1) is 39.5 Å². The standard InChI is InChI=1S/C13H12N4O8S3/c1-27(19,20)16-12-6-10-11(7-13(12)26-25-24-18)15-17(14-10)8-2-4-9(5-3-8)28(21,22)23/h2-7,16,18H,1H3,(H,21,22,23). The third-order valence-electron chi connectivity index (χ3n) is 3.30. The van der Waals surface area contributed by atoms with E-state index in [4.69, 9.17) is 9.81 Å². The number of hydrogen-bond donors (Lipinski definition) is 3. The number of rotatable bonds is 7. The highest BCUT2D eigenvalue weighted by Crippen LogP contribution is 2.32. The molecule has 3 N–H and O–H groups in total. The predicted molar refractivity (Wildman–Crippen MR) is 97.8 cm³/mol. The minimum atomic E-state index is -4.33. The van der Waals surface area contributed by atoms with Gasteiger partial charge in [-0.3, -0.25) is 9.27 Å². The smallest absolute Gasteiger partial charge is 0.282 e. The quantitative estimate of drug-likeness (QED) is 0.207. The average Bonchev–Trinajstić information content (AvgIpc) is 3.00. The minimum Gasteiger partial charge on any atom is -0.282 e. The van der Waals surface area contributed by atoms with Crippen LogP contribution in [-0.4, -0.2) is 47.9 Å². The largest absolute Gasteiger partial charge is 0.294 e. The molecule has 150 valence electrons. The fourth-order valence-electron chi connectivity index (χ4n) is 2.21. The highest BCUT2D eigenvalue weighted by Gasteiger charge is 2.15. The third-order valence-corrected chi connectivity index (χ3v) is 5.40. The summed E-state index contributed by atoms with van der Waals surface area (Å²) in [5.74, 6) is 0. The Morgan fingerprint density at radius 2 is 1.68 bits per heavy atom. The molecule has 1 heterocycles. The molecule has 0 spiro atoms. The summed E-state index contributed by atoms with van der Waals surface area (Å²) < 4.78 is 61.0. The lowest BCUT2D eigenvalue weighted by molar-refractivity contribution is -0.432. The summed E-state index contributed by atoms with van der Waals surface area (Å²) in [6.07, 6.45) is 0.961. The fraction of sp³-hybridized carbons (Fsp3) is 0.0769. The van der Waals surface area contributed by atoms with E-state index < -0.39 is 20.1 Å². The van der Waals surface area contributed by atoms with Crippen molar-refractivity contribution in [1.82, 2.24) is 15.0 Å². The molecule has 3 rings (SSSR count). The molecule has 1 aromatic heterocycles. The molecule has 0 aliphatic carbocycles. The topological polar surface area (TPSA) is 170 Å². The van der Waals surface area contributed by atoms with Crippen LogP contribution in [0.3, 0.4) is 0 Å². The van der Waals surface area contributed by atoms with Crippen LogP contribution in [0.1, 0.15) is 0 Å². The van der Waals surface area contributed by atoms with E-state index in [1.165, 1.54) is 41.2 Å². The molecule has 2 aromatic carbocycles. The van der Waals surface area contributed by atoms with E-state index in [1.807, 2.05) is 0 Å². The molecule has 0 bridgehead atoms. The summed E-state index contributed by atoms with van der Waals surface area (Å²) in [5.41, 5.74) is 1.18. The molecule has 0 saturated carbocycles. The second kappa shape index (κ2) is 7.63. The number of sulfonamides is 1. The molecule has 28 heavy (non-hydrogen) atoms. The molecule has 0 amide bonds. The molecule has 15 heteroatoms. The van der Waals surface area contributed by atoms with E-state index in [2.05, 4.69) is 24.3 Å². The molecular weight excluding hydrogens is 436 g/mol. The first-order valence-corrected chi connectivity index (χ1v) is 11.3. The highest BCUT2D eigenvalue weighted by molar-refractivity contribution is 7.95. The van der Waals surface area contributed by atoms with Crippen molar-refractivity contribution < 1.29 is 36.0 Å². The normalized spacial score (nSPS) is 12.4. The van der Waals surface area contributed by atoms with Gasteiger partial charge in [-0.25, -0.2) is 13.7 Å². The maximum Gasteiger partial charge on any atom is 0.294 e. The Balaban J connectivity index is 2.05. The van der Waals surface area contributed by atoms with Gasteiger partial charge in [0.25, 0.3) is 10.1 Å². The number of fused-ring (bicyclic) bond motifs is 1. The van der Waals surface area contributed by atoms with E-state index in [9.17, 15) is 16.8 Å². The van der Waals surface area contributed by atoms with Gasteiger partial charge >= 0.3 is 0 Å². The van der Waals surface area contributed by atoms with Gasteiger partial charge in [-0.05, 0) is 36.4 Å². The van der Waals surface area contributed by atoms with Crippen LogP contribution in [0.25, 0.3) is 16.7 Å². The van der Waals surface area contributed by atoms with Crippen LogP contribution in [-0.2, 0) is 29.5 Å². The summed E-state index contributed by atoms with van der Waals surface area (Å²) >= 11 is 0.542. The number of aromatic nitrogens is 3. The van der Waals surface area contributed by atoms with Crippen molar-refractivity contribution in [1.29, 1.82) is 0 Å². The van der Waals surface area contributed by atoms with Crippen molar-refractivity contribution in [2.45, 2.75) is 9.79 Å². The Morgan fingerprint density at radius 3 is 2.21 bits per heavy atom. The Kier molecular flexibility index (Phi) is 5.57. The van der Waals surface area contributed by atoms with Gasteiger partial charge in [-0.1, -0.05) is 5.04 Å². The molecular formula is C13H12N4O8S3. The average molecular weight is 448 g/mol. The Morgan fingerprint density at radius 1 is 1.07 bits per heavy atom. The fourth-order valence-corrected chi connectivity index (χ4v) is 3.79. The van der Waals surface area contributed by atoms with E-state index in [1.54, 1.807) is 0 Å². The van der Waals surface area contributed by atoms with Gasteiger partial charge in [0.15, 0.2) is 0 Å². The zero-order valence-corrected chi connectivity index (χ0v) is 16.3. The molecule has 0 aliphatic heterocycles. The van der Waals surface area contributed by atoms with E-state index in [0.29, 0.717) is 28.8 Å². The van der Waals surface area contributed by atoms with Gasteiger partial charge in [0.1, 0.15) is 11.0 Å². The monoisotopic (exact) mass is 448 g/mol. The SMILES string of the molecule is CS(=O)(=O)Nc1cc2nn(-c3ccc(S(=O)(=O)O)cc3)nc2cc1SOOO. The summed E-state index contributed by atoms with van der Waals surface area (Å²) in [4.78, 5) is 1.15. The minimum absolute atomic E-state index is 0.117.